The second kappa shape index (κ2) is 4.89. The highest BCUT2D eigenvalue weighted by Gasteiger charge is 2.23. The predicted octanol–water partition coefficient (Wildman–Crippen LogP) is 3.35. The van der Waals surface area contributed by atoms with Crippen LogP contribution in [0.1, 0.15) is 36.1 Å². The molecule has 0 saturated heterocycles. The molecule has 0 N–H and O–H groups in total. The maximum absolute atomic E-state index is 9.13. The van der Waals surface area contributed by atoms with Gasteiger partial charge in [0, 0.05) is 6.54 Å². The summed E-state index contributed by atoms with van der Waals surface area (Å²) in [6.07, 6.45) is 0. The molecule has 17 heavy (non-hydrogen) atoms. The molecule has 0 aliphatic carbocycles. The molecule has 92 valence electrons. The molecule has 0 bridgehead atoms. The molecule has 0 saturated carbocycles. The Morgan fingerprint density at radius 3 is 2.06 bits per heavy atom. The molecule has 2 heteroatoms. The first-order chi connectivity index (χ1) is 7.77. The van der Waals surface area contributed by atoms with E-state index in [0.717, 1.165) is 6.54 Å². The first-order valence-corrected chi connectivity index (χ1v) is 5.97. The Kier molecular flexibility index (Phi) is 3.95. The van der Waals surface area contributed by atoms with Gasteiger partial charge in [0.15, 0.2) is 0 Å². The highest BCUT2D eigenvalue weighted by molar-refractivity contribution is 5.37. The van der Waals surface area contributed by atoms with Gasteiger partial charge >= 0.3 is 0 Å². The van der Waals surface area contributed by atoms with Crippen molar-refractivity contribution in [1.29, 1.82) is 5.26 Å². The Morgan fingerprint density at radius 1 is 1.18 bits per heavy atom. The minimum atomic E-state index is -0.427. The van der Waals surface area contributed by atoms with Gasteiger partial charge in [-0.2, -0.15) is 5.26 Å². The quantitative estimate of drug-likeness (QED) is 0.796. The van der Waals surface area contributed by atoms with Crippen LogP contribution in [0.4, 0.5) is 0 Å². The molecule has 0 aliphatic heterocycles. The van der Waals surface area contributed by atoms with Gasteiger partial charge in [-0.1, -0.05) is 17.7 Å². The normalized spacial score (nSPS) is 11.6. The van der Waals surface area contributed by atoms with Crippen LogP contribution < -0.4 is 0 Å². The fraction of sp³-hybridized carbons (Fsp3) is 0.533. The highest BCUT2D eigenvalue weighted by atomic mass is 15.2. The van der Waals surface area contributed by atoms with E-state index in [-0.39, 0.29) is 0 Å². The largest absolute Gasteiger partial charge is 0.285 e. The zero-order chi connectivity index (χ0) is 13.2. The molecule has 1 rings (SSSR count). The van der Waals surface area contributed by atoms with Crippen LogP contribution in [-0.4, -0.2) is 17.5 Å². The van der Waals surface area contributed by atoms with Gasteiger partial charge in [0.2, 0.25) is 0 Å². The summed E-state index contributed by atoms with van der Waals surface area (Å²) in [6, 6.07) is 6.75. The SMILES string of the molecule is Cc1cc(C)c(CN(C)C(C)(C)C#N)c(C)c1. The highest BCUT2D eigenvalue weighted by Crippen LogP contribution is 2.21. The third-order valence-corrected chi connectivity index (χ3v) is 3.46. The van der Waals surface area contributed by atoms with E-state index >= 15 is 0 Å². The summed E-state index contributed by atoms with van der Waals surface area (Å²) in [6.45, 7) is 11.1. The molecule has 1 aromatic rings. The van der Waals surface area contributed by atoms with Gasteiger partial charge in [-0.3, -0.25) is 4.90 Å². The maximum Gasteiger partial charge on any atom is 0.103 e. The van der Waals surface area contributed by atoms with Crippen LogP contribution in [0.15, 0.2) is 12.1 Å². The minimum Gasteiger partial charge on any atom is -0.285 e. The maximum atomic E-state index is 9.13. The molecule has 2 nitrogen and oxygen atoms in total. The number of hydrogen-bond donors (Lipinski definition) is 0. The molecule has 0 unspecified atom stereocenters. The standard InChI is InChI=1S/C15H22N2/c1-11-7-12(2)14(13(3)8-11)9-17(6)15(4,5)10-16/h7-8H,9H2,1-6H3. The molecular formula is C15H22N2. The van der Waals surface area contributed by atoms with Gasteiger partial charge in [0.25, 0.3) is 0 Å². The van der Waals surface area contributed by atoms with Gasteiger partial charge in [-0.15, -0.1) is 0 Å². The first kappa shape index (κ1) is 13.7. The van der Waals surface area contributed by atoms with Crippen molar-refractivity contribution in [2.45, 2.75) is 46.7 Å². The van der Waals surface area contributed by atoms with Crippen molar-refractivity contribution in [3.05, 3.63) is 34.4 Å². The van der Waals surface area contributed by atoms with Gasteiger partial charge < -0.3 is 0 Å². The smallest absolute Gasteiger partial charge is 0.103 e. The molecule has 1 aromatic carbocycles. The van der Waals surface area contributed by atoms with Crippen molar-refractivity contribution >= 4 is 0 Å². The lowest BCUT2D eigenvalue weighted by atomic mass is 9.97. The first-order valence-electron chi connectivity index (χ1n) is 5.97. The van der Waals surface area contributed by atoms with Crippen LogP contribution in [-0.2, 0) is 6.54 Å². The number of hydrogen-bond acceptors (Lipinski definition) is 2. The molecule has 0 radical (unpaired) electrons. The van der Waals surface area contributed by atoms with Crippen molar-refractivity contribution < 1.29 is 0 Å². The van der Waals surface area contributed by atoms with Gasteiger partial charge in [-0.05, 0) is 58.4 Å². The third kappa shape index (κ3) is 3.08. The zero-order valence-electron chi connectivity index (χ0n) is 11.8. The summed E-state index contributed by atoms with van der Waals surface area (Å²) in [4.78, 5) is 2.09. The van der Waals surface area contributed by atoms with E-state index in [4.69, 9.17) is 5.26 Å². The van der Waals surface area contributed by atoms with Crippen LogP contribution in [0.2, 0.25) is 0 Å². The number of nitriles is 1. The second-order valence-corrected chi connectivity index (χ2v) is 5.40. The Morgan fingerprint density at radius 2 is 1.65 bits per heavy atom. The number of rotatable bonds is 3. The lowest BCUT2D eigenvalue weighted by molar-refractivity contribution is 0.202. The molecule has 0 amide bonds. The summed E-state index contributed by atoms with van der Waals surface area (Å²) in [5.74, 6) is 0. The van der Waals surface area contributed by atoms with Crippen LogP contribution in [0.3, 0.4) is 0 Å². The van der Waals surface area contributed by atoms with Crippen LogP contribution in [0.25, 0.3) is 0 Å². The molecule has 0 atom stereocenters. The summed E-state index contributed by atoms with van der Waals surface area (Å²) < 4.78 is 0. The summed E-state index contributed by atoms with van der Waals surface area (Å²) >= 11 is 0. The summed E-state index contributed by atoms with van der Waals surface area (Å²) in [7, 11) is 2.00. The van der Waals surface area contributed by atoms with Crippen molar-refractivity contribution in [3.8, 4) is 6.07 Å². The topological polar surface area (TPSA) is 27.0 Å². The molecular weight excluding hydrogens is 208 g/mol. The lowest BCUT2D eigenvalue weighted by Gasteiger charge is -2.30. The van der Waals surface area contributed by atoms with Crippen molar-refractivity contribution in [2.75, 3.05) is 7.05 Å². The molecule has 0 fully saturated rings. The molecule has 0 aliphatic rings. The van der Waals surface area contributed by atoms with Crippen LogP contribution in [0.5, 0.6) is 0 Å². The molecule has 0 aromatic heterocycles. The molecule has 0 heterocycles. The third-order valence-electron chi connectivity index (χ3n) is 3.46. The fourth-order valence-corrected chi connectivity index (χ4v) is 1.98. The van der Waals surface area contributed by atoms with Crippen LogP contribution in [0, 0.1) is 32.1 Å². The average molecular weight is 230 g/mol. The Balaban J connectivity index is 3.02. The Hall–Kier alpha value is -1.33. The van der Waals surface area contributed by atoms with E-state index in [1.165, 1.54) is 22.3 Å². The number of aryl methyl sites for hydroxylation is 3. The number of benzene rings is 1. The second-order valence-electron chi connectivity index (χ2n) is 5.40. The number of nitrogens with zero attached hydrogens (tertiary/aromatic N) is 2. The van der Waals surface area contributed by atoms with Gasteiger partial charge in [0.05, 0.1) is 6.07 Å². The van der Waals surface area contributed by atoms with E-state index < -0.39 is 5.54 Å². The van der Waals surface area contributed by atoms with Crippen molar-refractivity contribution in [2.24, 2.45) is 0 Å². The van der Waals surface area contributed by atoms with Crippen LogP contribution >= 0.6 is 0 Å². The lowest BCUT2D eigenvalue weighted by Crippen LogP contribution is -2.39. The summed E-state index contributed by atoms with van der Waals surface area (Å²) in [5, 5.41) is 9.13. The monoisotopic (exact) mass is 230 g/mol. The van der Waals surface area contributed by atoms with E-state index in [2.05, 4.69) is 43.9 Å². The van der Waals surface area contributed by atoms with E-state index in [0.29, 0.717) is 0 Å². The predicted molar refractivity (Wildman–Crippen MR) is 71.8 cm³/mol. The van der Waals surface area contributed by atoms with E-state index in [1.54, 1.807) is 0 Å². The molecule has 0 spiro atoms. The van der Waals surface area contributed by atoms with E-state index in [9.17, 15) is 0 Å². The van der Waals surface area contributed by atoms with Gasteiger partial charge in [-0.25, -0.2) is 0 Å². The average Bonchev–Trinajstić information content (AvgIpc) is 2.22. The summed E-state index contributed by atoms with van der Waals surface area (Å²) in [5.41, 5.74) is 4.82. The zero-order valence-corrected chi connectivity index (χ0v) is 11.8. The van der Waals surface area contributed by atoms with Crippen molar-refractivity contribution in [3.63, 3.8) is 0 Å². The van der Waals surface area contributed by atoms with Gasteiger partial charge in [0.1, 0.15) is 5.54 Å². The fourth-order valence-electron chi connectivity index (χ4n) is 1.98. The van der Waals surface area contributed by atoms with E-state index in [1.807, 2.05) is 20.9 Å². The van der Waals surface area contributed by atoms with Crippen molar-refractivity contribution in [1.82, 2.24) is 4.90 Å². The Bertz CT molecular complexity index is 429. The minimum absolute atomic E-state index is 0.427. The Labute approximate surface area is 105 Å².